The molecule has 0 N–H and O–H groups in total. The summed E-state index contributed by atoms with van der Waals surface area (Å²) in [5, 5.41) is 0.860. The number of piperidine rings is 1. The van der Waals surface area contributed by atoms with Crippen molar-refractivity contribution in [1.82, 2.24) is 9.88 Å². The molecule has 0 bridgehead atoms. The van der Waals surface area contributed by atoms with E-state index in [9.17, 15) is 13.6 Å². The molecule has 1 aromatic heterocycles. The van der Waals surface area contributed by atoms with Gasteiger partial charge < -0.3 is 0 Å². The summed E-state index contributed by atoms with van der Waals surface area (Å²) in [6.07, 6.45) is 1.02. The van der Waals surface area contributed by atoms with Crippen LogP contribution in [0.3, 0.4) is 0 Å². The topological polar surface area (TPSA) is 33.2 Å². The molecule has 0 amide bonds. The Kier molecular flexibility index (Phi) is 5.74. The van der Waals surface area contributed by atoms with Crippen LogP contribution in [0.2, 0.25) is 0 Å². The molecule has 152 valence electrons. The Morgan fingerprint density at radius 3 is 2.62 bits per heavy atom. The highest BCUT2D eigenvalue weighted by atomic mass is 32.1. The molecule has 3 aromatic rings. The van der Waals surface area contributed by atoms with Crippen LogP contribution in [0.4, 0.5) is 8.78 Å². The molecule has 3 nitrogen and oxygen atoms in total. The zero-order chi connectivity index (χ0) is 20.4. The van der Waals surface area contributed by atoms with Gasteiger partial charge in [0.2, 0.25) is 5.78 Å². The third-order valence-electron chi connectivity index (χ3n) is 5.59. The molecule has 2 aromatic carbocycles. The second-order valence-electron chi connectivity index (χ2n) is 7.86. The van der Waals surface area contributed by atoms with Crippen LogP contribution in [0.5, 0.6) is 0 Å². The number of thiazole rings is 1. The van der Waals surface area contributed by atoms with Crippen LogP contribution < -0.4 is 0 Å². The second-order valence-corrected chi connectivity index (χ2v) is 9.09. The maximum atomic E-state index is 14.8. The van der Waals surface area contributed by atoms with Crippen molar-refractivity contribution in [3.05, 3.63) is 64.7 Å². The normalized spacial score (nSPS) is 16.4. The van der Waals surface area contributed by atoms with Gasteiger partial charge in [0, 0.05) is 18.5 Å². The minimum absolute atomic E-state index is 0.0765. The minimum Gasteiger partial charge on any atom is -0.299 e. The molecule has 2 heterocycles. The predicted molar refractivity (Wildman–Crippen MR) is 113 cm³/mol. The largest absolute Gasteiger partial charge is 0.310 e. The van der Waals surface area contributed by atoms with Crippen molar-refractivity contribution in [2.75, 3.05) is 13.1 Å². The van der Waals surface area contributed by atoms with Crippen LogP contribution in [-0.4, -0.2) is 34.7 Å². The quantitative estimate of drug-likeness (QED) is 0.483. The van der Waals surface area contributed by atoms with Gasteiger partial charge in [-0.3, -0.25) is 9.69 Å². The lowest BCUT2D eigenvalue weighted by molar-refractivity contribution is -0.0124. The van der Waals surface area contributed by atoms with E-state index in [2.05, 4.69) is 22.0 Å². The van der Waals surface area contributed by atoms with E-state index in [-0.39, 0.29) is 17.9 Å². The summed E-state index contributed by atoms with van der Waals surface area (Å²) in [5.41, 5.74) is 2.06. The third kappa shape index (κ3) is 4.70. The van der Waals surface area contributed by atoms with E-state index < -0.39 is 11.7 Å². The van der Waals surface area contributed by atoms with Crippen molar-refractivity contribution >= 4 is 27.3 Å². The van der Waals surface area contributed by atoms with Gasteiger partial charge in [0.05, 0.1) is 15.2 Å². The van der Waals surface area contributed by atoms with Crippen LogP contribution in [-0.2, 0) is 6.54 Å². The number of fused-ring (bicyclic) bond motifs is 1. The second kappa shape index (κ2) is 8.28. The van der Waals surface area contributed by atoms with Crippen LogP contribution in [0.15, 0.2) is 48.5 Å². The molecule has 29 heavy (non-hydrogen) atoms. The number of nitrogens with zero attached hydrogens (tertiary/aromatic N) is 2. The first-order valence-electron chi connectivity index (χ1n) is 9.97. The Bertz CT molecular complexity index is 995. The maximum absolute atomic E-state index is 14.8. The molecule has 0 unspecified atom stereocenters. The number of ketones is 1. The number of likely N-dealkylation sites (tertiary alicyclic amines) is 1. The fourth-order valence-corrected chi connectivity index (χ4v) is 4.90. The van der Waals surface area contributed by atoms with Crippen molar-refractivity contribution in [2.45, 2.75) is 38.7 Å². The van der Waals surface area contributed by atoms with Gasteiger partial charge in [0.25, 0.3) is 0 Å². The lowest BCUT2D eigenvalue weighted by atomic mass is 9.88. The molecular weight excluding hydrogens is 390 g/mol. The van der Waals surface area contributed by atoms with Gasteiger partial charge in [-0.25, -0.2) is 4.98 Å². The molecule has 6 heteroatoms. The Morgan fingerprint density at radius 2 is 1.90 bits per heavy atom. The van der Waals surface area contributed by atoms with E-state index in [0.29, 0.717) is 12.8 Å². The predicted octanol–water partition coefficient (Wildman–Crippen LogP) is 5.73. The van der Waals surface area contributed by atoms with Crippen molar-refractivity contribution < 1.29 is 13.6 Å². The van der Waals surface area contributed by atoms with Gasteiger partial charge in [-0.2, -0.15) is 8.78 Å². The van der Waals surface area contributed by atoms with Crippen LogP contribution >= 0.6 is 11.3 Å². The van der Waals surface area contributed by atoms with Crippen molar-refractivity contribution in [1.29, 1.82) is 0 Å². The maximum Gasteiger partial charge on any atom is 0.310 e. The lowest BCUT2D eigenvalue weighted by Crippen LogP contribution is -2.37. The lowest BCUT2D eigenvalue weighted by Gasteiger charge is -2.33. The number of hydrogen-bond acceptors (Lipinski definition) is 4. The van der Waals surface area contributed by atoms with E-state index in [1.54, 1.807) is 12.1 Å². The monoisotopic (exact) mass is 414 g/mol. The number of carbonyl (C=O) groups excluding carboxylic acids is 1. The fourth-order valence-electron chi connectivity index (χ4n) is 4.04. The molecule has 0 aliphatic carbocycles. The molecule has 1 aliphatic heterocycles. The number of aromatic nitrogens is 1. The summed E-state index contributed by atoms with van der Waals surface area (Å²) in [6.45, 7) is 4.29. The highest BCUT2D eigenvalue weighted by Gasteiger charge is 2.42. The van der Waals surface area contributed by atoms with E-state index >= 15 is 0 Å². The molecule has 0 radical (unpaired) electrons. The Hall–Kier alpha value is -2.18. The van der Waals surface area contributed by atoms with E-state index in [4.69, 9.17) is 0 Å². The standard InChI is InChI=1S/C23H24F2N2OS/c1-16-26-20-8-7-19(13-21(20)29-16)22(28)23(24,25)14-17-9-11-27(12-10-17)15-18-5-3-2-4-6-18/h2-8,13,17H,9-12,14-15H2,1H3. The summed E-state index contributed by atoms with van der Waals surface area (Å²) in [6, 6.07) is 14.9. The van der Waals surface area contributed by atoms with Gasteiger partial charge in [0.15, 0.2) is 0 Å². The van der Waals surface area contributed by atoms with Gasteiger partial charge in [-0.05, 0) is 62.5 Å². The third-order valence-corrected chi connectivity index (χ3v) is 6.52. The highest BCUT2D eigenvalue weighted by Crippen LogP contribution is 2.34. The van der Waals surface area contributed by atoms with Gasteiger partial charge in [-0.15, -0.1) is 11.3 Å². The van der Waals surface area contributed by atoms with E-state index in [1.165, 1.54) is 23.0 Å². The molecule has 4 rings (SSSR count). The zero-order valence-electron chi connectivity index (χ0n) is 16.4. The Morgan fingerprint density at radius 1 is 1.17 bits per heavy atom. The van der Waals surface area contributed by atoms with Crippen LogP contribution in [0.25, 0.3) is 10.2 Å². The van der Waals surface area contributed by atoms with Gasteiger partial charge >= 0.3 is 5.92 Å². The first-order valence-corrected chi connectivity index (χ1v) is 10.8. The molecule has 0 atom stereocenters. The summed E-state index contributed by atoms with van der Waals surface area (Å²) in [5.74, 6) is -4.54. The minimum atomic E-state index is -3.33. The average molecular weight is 415 g/mol. The molecular formula is C23H24F2N2OS. The molecule has 1 aliphatic rings. The smallest absolute Gasteiger partial charge is 0.299 e. The summed E-state index contributed by atoms with van der Waals surface area (Å²) >= 11 is 1.42. The number of benzene rings is 2. The van der Waals surface area contributed by atoms with Crippen molar-refractivity contribution in [2.24, 2.45) is 5.92 Å². The first-order chi connectivity index (χ1) is 13.9. The number of halogens is 2. The van der Waals surface area contributed by atoms with Crippen molar-refractivity contribution in [3.63, 3.8) is 0 Å². The highest BCUT2D eigenvalue weighted by molar-refractivity contribution is 7.18. The van der Waals surface area contributed by atoms with Gasteiger partial charge in [-0.1, -0.05) is 30.3 Å². The molecule has 1 saturated heterocycles. The van der Waals surface area contributed by atoms with Crippen LogP contribution in [0.1, 0.15) is 40.2 Å². The number of rotatable bonds is 6. The molecule has 0 saturated carbocycles. The average Bonchev–Trinajstić information content (AvgIpc) is 3.08. The fraction of sp³-hybridized carbons (Fsp3) is 0.391. The van der Waals surface area contributed by atoms with E-state index in [1.807, 2.05) is 25.1 Å². The summed E-state index contributed by atoms with van der Waals surface area (Å²) in [4.78, 5) is 19.1. The Balaban J connectivity index is 1.36. The summed E-state index contributed by atoms with van der Waals surface area (Å²) in [7, 11) is 0. The number of hydrogen-bond donors (Lipinski definition) is 0. The molecule has 0 spiro atoms. The SMILES string of the molecule is Cc1nc2ccc(C(=O)C(F)(F)CC3CCN(Cc4ccccc4)CC3)cc2s1. The number of carbonyl (C=O) groups is 1. The molecule has 1 fully saturated rings. The number of aryl methyl sites for hydroxylation is 1. The van der Waals surface area contributed by atoms with E-state index in [0.717, 1.165) is 34.9 Å². The van der Waals surface area contributed by atoms with Crippen LogP contribution in [0, 0.1) is 12.8 Å². The number of alkyl halides is 2. The Labute approximate surface area is 173 Å². The summed E-state index contributed by atoms with van der Waals surface area (Å²) < 4.78 is 30.3. The van der Waals surface area contributed by atoms with Crippen molar-refractivity contribution in [3.8, 4) is 0 Å². The zero-order valence-corrected chi connectivity index (χ0v) is 17.2. The van der Waals surface area contributed by atoms with Gasteiger partial charge in [0.1, 0.15) is 0 Å². The first kappa shape index (κ1) is 20.1. The number of Topliss-reactive ketones (excluding diaryl/α,β-unsaturated/α-hetero) is 1.